The molecular weight excluding hydrogens is 277 g/mol. The van der Waals surface area contributed by atoms with Gasteiger partial charge in [0.05, 0.1) is 11.6 Å². The van der Waals surface area contributed by atoms with Crippen LogP contribution in [0.1, 0.15) is 6.92 Å². The van der Waals surface area contributed by atoms with Crippen molar-refractivity contribution < 1.29 is 14.3 Å². The molecule has 1 unspecified atom stereocenters. The standard InChI is InChI=1S/C12H15Cl2NO3/c1-8(12(16)15-5-6-17-2)18-11-7-9(13)3-4-10(11)14/h3-4,7-8H,5-6H2,1-2H3,(H,15,16). The fourth-order valence-corrected chi connectivity index (χ4v) is 1.56. The summed E-state index contributed by atoms with van der Waals surface area (Å²) in [7, 11) is 1.57. The van der Waals surface area contributed by atoms with Gasteiger partial charge in [-0.1, -0.05) is 23.2 Å². The number of hydrogen-bond donors (Lipinski definition) is 1. The average molecular weight is 292 g/mol. The maximum absolute atomic E-state index is 11.7. The number of benzene rings is 1. The van der Waals surface area contributed by atoms with Gasteiger partial charge < -0.3 is 14.8 Å². The van der Waals surface area contributed by atoms with Crippen molar-refractivity contribution in [2.75, 3.05) is 20.3 Å². The van der Waals surface area contributed by atoms with E-state index in [9.17, 15) is 4.79 Å². The summed E-state index contributed by atoms with van der Waals surface area (Å²) in [6, 6.07) is 4.84. The van der Waals surface area contributed by atoms with Crippen LogP contribution in [0.5, 0.6) is 5.75 Å². The van der Waals surface area contributed by atoms with Crippen LogP contribution >= 0.6 is 23.2 Å². The predicted molar refractivity (Wildman–Crippen MR) is 71.4 cm³/mol. The van der Waals surface area contributed by atoms with Gasteiger partial charge in [-0.25, -0.2) is 0 Å². The number of ether oxygens (including phenoxy) is 2. The largest absolute Gasteiger partial charge is 0.479 e. The van der Waals surface area contributed by atoms with Crippen LogP contribution in [0.4, 0.5) is 0 Å². The molecule has 1 aromatic carbocycles. The molecule has 1 amide bonds. The minimum Gasteiger partial charge on any atom is -0.479 e. The Balaban J connectivity index is 2.55. The SMILES string of the molecule is COCCNC(=O)C(C)Oc1cc(Cl)ccc1Cl. The molecule has 0 fully saturated rings. The minimum atomic E-state index is -0.655. The smallest absolute Gasteiger partial charge is 0.260 e. The summed E-state index contributed by atoms with van der Waals surface area (Å²) in [6.45, 7) is 2.53. The lowest BCUT2D eigenvalue weighted by Crippen LogP contribution is -2.37. The monoisotopic (exact) mass is 291 g/mol. The Hall–Kier alpha value is -0.970. The molecule has 0 bridgehead atoms. The van der Waals surface area contributed by atoms with E-state index < -0.39 is 6.10 Å². The van der Waals surface area contributed by atoms with Crippen molar-refractivity contribution in [3.63, 3.8) is 0 Å². The van der Waals surface area contributed by atoms with Crippen LogP contribution in [0.15, 0.2) is 18.2 Å². The zero-order valence-electron chi connectivity index (χ0n) is 10.2. The van der Waals surface area contributed by atoms with E-state index in [1.165, 1.54) is 0 Å². The third kappa shape index (κ3) is 4.72. The maximum atomic E-state index is 11.7. The molecule has 0 spiro atoms. The molecule has 1 rings (SSSR count). The van der Waals surface area contributed by atoms with E-state index in [1.54, 1.807) is 32.2 Å². The van der Waals surface area contributed by atoms with Crippen LogP contribution in [-0.4, -0.2) is 32.3 Å². The lowest BCUT2D eigenvalue weighted by atomic mass is 10.3. The molecule has 6 heteroatoms. The summed E-state index contributed by atoms with van der Waals surface area (Å²) in [5.74, 6) is 0.154. The maximum Gasteiger partial charge on any atom is 0.260 e. The number of methoxy groups -OCH3 is 1. The number of halogens is 2. The first-order valence-electron chi connectivity index (χ1n) is 5.43. The molecule has 1 aromatic rings. The van der Waals surface area contributed by atoms with E-state index in [4.69, 9.17) is 32.7 Å². The van der Waals surface area contributed by atoms with Gasteiger partial charge >= 0.3 is 0 Å². The number of rotatable bonds is 6. The Morgan fingerprint density at radius 1 is 1.44 bits per heavy atom. The van der Waals surface area contributed by atoms with Crippen molar-refractivity contribution in [1.82, 2.24) is 5.32 Å². The third-order valence-electron chi connectivity index (χ3n) is 2.17. The van der Waals surface area contributed by atoms with Crippen LogP contribution in [0.2, 0.25) is 10.0 Å². The molecule has 0 heterocycles. The van der Waals surface area contributed by atoms with E-state index in [-0.39, 0.29) is 5.91 Å². The Kier molecular flexibility index (Phi) is 6.25. The van der Waals surface area contributed by atoms with Crippen molar-refractivity contribution in [3.05, 3.63) is 28.2 Å². The van der Waals surface area contributed by atoms with Gasteiger partial charge in [0.2, 0.25) is 0 Å². The van der Waals surface area contributed by atoms with Crippen molar-refractivity contribution in [3.8, 4) is 5.75 Å². The summed E-state index contributed by atoms with van der Waals surface area (Å²) in [6.07, 6.45) is -0.655. The minimum absolute atomic E-state index is 0.233. The Bertz CT molecular complexity index is 412. The zero-order chi connectivity index (χ0) is 13.5. The quantitative estimate of drug-likeness (QED) is 0.820. The Labute approximate surface area is 116 Å². The number of carbonyl (C=O) groups is 1. The second-order valence-electron chi connectivity index (χ2n) is 3.62. The third-order valence-corrected chi connectivity index (χ3v) is 2.72. The molecule has 0 aliphatic rings. The van der Waals surface area contributed by atoms with Gasteiger partial charge in [-0.15, -0.1) is 0 Å². The first kappa shape index (κ1) is 15.1. The number of hydrogen-bond acceptors (Lipinski definition) is 3. The predicted octanol–water partition coefficient (Wildman–Crippen LogP) is 2.52. The Morgan fingerprint density at radius 2 is 2.17 bits per heavy atom. The molecular formula is C12H15Cl2NO3. The number of nitrogens with one attached hydrogen (secondary N) is 1. The molecule has 1 atom stereocenters. The highest BCUT2D eigenvalue weighted by molar-refractivity contribution is 6.34. The topological polar surface area (TPSA) is 47.6 Å². The van der Waals surface area contributed by atoms with E-state index in [1.807, 2.05) is 0 Å². The molecule has 100 valence electrons. The Morgan fingerprint density at radius 3 is 2.83 bits per heavy atom. The lowest BCUT2D eigenvalue weighted by Gasteiger charge is -2.15. The molecule has 18 heavy (non-hydrogen) atoms. The average Bonchev–Trinajstić information content (AvgIpc) is 2.34. The highest BCUT2D eigenvalue weighted by atomic mass is 35.5. The highest BCUT2D eigenvalue weighted by Crippen LogP contribution is 2.28. The van der Waals surface area contributed by atoms with Crippen molar-refractivity contribution in [2.45, 2.75) is 13.0 Å². The van der Waals surface area contributed by atoms with Crippen LogP contribution in [-0.2, 0) is 9.53 Å². The van der Waals surface area contributed by atoms with E-state index in [2.05, 4.69) is 5.32 Å². The van der Waals surface area contributed by atoms with Crippen LogP contribution < -0.4 is 10.1 Å². The molecule has 4 nitrogen and oxygen atoms in total. The molecule has 0 saturated carbocycles. The van der Waals surface area contributed by atoms with Gasteiger partial charge in [-0.3, -0.25) is 4.79 Å². The second-order valence-corrected chi connectivity index (χ2v) is 4.46. The second kappa shape index (κ2) is 7.46. The molecule has 0 aromatic heterocycles. The van der Waals surface area contributed by atoms with Crippen molar-refractivity contribution >= 4 is 29.1 Å². The molecule has 0 saturated heterocycles. The first-order chi connectivity index (χ1) is 8.54. The van der Waals surface area contributed by atoms with Gasteiger partial charge in [-0.2, -0.15) is 0 Å². The van der Waals surface area contributed by atoms with Gasteiger partial charge in [-0.05, 0) is 19.1 Å². The van der Waals surface area contributed by atoms with Gasteiger partial charge in [0.15, 0.2) is 6.10 Å². The summed E-state index contributed by atoms with van der Waals surface area (Å²) >= 11 is 11.8. The fourth-order valence-electron chi connectivity index (χ4n) is 1.23. The van der Waals surface area contributed by atoms with E-state index in [0.717, 1.165) is 0 Å². The molecule has 0 aliphatic carbocycles. The fraction of sp³-hybridized carbons (Fsp3) is 0.417. The van der Waals surface area contributed by atoms with Crippen LogP contribution in [0, 0.1) is 0 Å². The number of carbonyl (C=O) groups excluding carboxylic acids is 1. The summed E-state index contributed by atoms with van der Waals surface area (Å²) in [5, 5.41) is 3.59. The highest BCUT2D eigenvalue weighted by Gasteiger charge is 2.15. The van der Waals surface area contributed by atoms with Crippen LogP contribution in [0.25, 0.3) is 0 Å². The zero-order valence-corrected chi connectivity index (χ0v) is 11.7. The van der Waals surface area contributed by atoms with Crippen molar-refractivity contribution in [2.24, 2.45) is 0 Å². The number of amides is 1. The molecule has 0 radical (unpaired) electrons. The van der Waals surface area contributed by atoms with Crippen molar-refractivity contribution in [1.29, 1.82) is 0 Å². The summed E-state index contributed by atoms with van der Waals surface area (Å²) in [5.41, 5.74) is 0. The van der Waals surface area contributed by atoms with Gasteiger partial charge in [0.1, 0.15) is 5.75 Å². The van der Waals surface area contributed by atoms with Gasteiger partial charge in [0.25, 0.3) is 5.91 Å². The van der Waals surface area contributed by atoms with Crippen LogP contribution in [0.3, 0.4) is 0 Å². The molecule has 1 N–H and O–H groups in total. The van der Waals surface area contributed by atoms with E-state index >= 15 is 0 Å². The lowest BCUT2D eigenvalue weighted by molar-refractivity contribution is -0.127. The summed E-state index contributed by atoms with van der Waals surface area (Å²) < 4.78 is 10.3. The normalized spacial score (nSPS) is 12.0. The van der Waals surface area contributed by atoms with Gasteiger partial charge in [0, 0.05) is 24.7 Å². The molecule has 0 aliphatic heterocycles. The summed E-state index contributed by atoms with van der Waals surface area (Å²) in [4.78, 5) is 11.7. The van der Waals surface area contributed by atoms with E-state index in [0.29, 0.717) is 28.9 Å². The first-order valence-corrected chi connectivity index (χ1v) is 6.18.